The first-order valence-corrected chi connectivity index (χ1v) is 9.67. The number of methoxy groups -OCH3 is 1. The number of anilines is 1. The minimum atomic E-state index is -0.258. The summed E-state index contributed by atoms with van der Waals surface area (Å²) in [6.07, 6.45) is 5.09. The monoisotopic (exact) mass is 384 g/mol. The highest BCUT2D eigenvalue weighted by atomic mass is 32.2. The summed E-state index contributed by atoms with van der Waals surface area (Å²) in [4.78, 5) is 26.9. The van der Waals surface area contributed by atoms with E-state index in [1.807, 2.05) is 55.6 Å². The van der Waals surface area contributed by atoms with Crippen molar-refractivity contribution < 1.29 is 14.3 Å². The summed E-state index contributed by atoms with van der Waals surface area (Å²) >= 11 is 1.55. The lowest BCUT2D eigenvalue weighted by Crippen LogP contribution is -2.33. The van der Waals surface area contributed by atoms with Gasteiger partial charge in [-0.25, -0.2) is 0 Å². The van der Waals surface area contributed by atoms with E-state index in [0.29, 0.717) is 5.75 Å². The van der Waals surface area contributed by atoms with E-state index in [1.54, 1.807) is 32.0 Å². The van der Waals surface area contributed by atoms with Crippen LogP contribution in [0.25, 0.3) is 6.08 Å². The number of carbonyl (C=O) groups excluding carboxylic acids is 2. The predicted octanol–water partition coefficient (Wildman–Crippen LogP) is 3.84. The fourth-order valence-electron chi connectivity index (χ4n) is 2.50. The second kappa shape index (κ2) is 9.83. The molecule has 0 saturated carbocycles. The summed E-state index contributed by atoms with van der Waals surface area (Å²) in [5.74, 6) is 0.194. The van der Waals surface area contributed by atoms with Gasteiger partial charge in [0.15, 0.2) is 0 Å². The molecule has 0 unspecified atom stereocenters. The van der Waals surface area contributed by atoms with Crippen molar-refractivity contribution in [3.8, 4) is 5.75 Å². The number of benzene rings is 2. The molecule has 0 aliphatic carbocycles. The van der Waals surface area contributed by atoms with Gasteiger partial charge in [0, 0.05) is 23.6 Å². The third-order valence-electron chi connectivity index (χ3n) is 3.93. The van der Waals surface area contributed by atoms with Crippen molar-refractivity contribution in [1.82, 2.24) is 4.90 Å². The first-order valence-electron chi connectivity index (χ1n) is 8.45. The molecule has 2 amide bonds. The third-order valence-corrected chi connectivity index (χ3v) is 4.72. The van der Waals surface area contributed by atoms with Gasteiger partial charge in [-0.3, -0.25) is 9.59 Å². The lowest BCUT2D eigenvalue weighted by molar-refractivity contribution is -0.129. The molecule has 2 aromatic carbocycles. The molecule has 0 heterocycles. The molecule has 6 heteroatoms. The predicted molar refractivity (Wildman–Crippen MR) is 111 cm³/mol. The number of nitrogens with one attached hydrogen (secondary N) is 1. The molecule has 0 aromatic heterocycles. The van der Waals surface area contributed by atoms with Crippen molar-refractivity contribution in [3.63, 3.8) is 0 Å². The van der Waals surface area contributed by atoms with Gasteiger partial charge in [-0.15, -0.1) is 11.8 Å². The van der Waals surface area contributed by atoms with Crippen molar-refractivity contribution in [2.24, 2.45) is 0 Å². The fraction of sp³-hybridized carbons (Fsp3) is 0.238. The number of likely N-dealkylation sites (N-methyl/N-ethyl adjacent to an activating group) is 1. The van der Waals surface area contributed by atoms with Crippen LogP contribution in [0.2, 0.25) is 0 Å². The smallest absolute Gasteiger partial charge is 0.246 e. The molecule has 1 N–H and O–H groups in total. The van der Waals surface area contributed by atoms with Gasteiger partial charge in [-0.05, 0) is 43.5 Å². The number of aryl methyl sites for hydroxylation is 1. The lowest BCUT2D eigenvalue weighted by atomic mass is 10.1. The average Bonchev–Trinajstić information content (AvgIpc) is 2.66. The Morgan fingerprint density at radius 1 is 1.22 bits per heavy atom. The number of hydrogen-bond acceptors (Lipinski definition) is 4. The summed E-state index contributed by atoms with van der Waals surface area (Å²) < 4.78 is 5.30. The van der Waals surface area contributed by atoms with Gasteiger partial charge >= 0.3 is 0 Å². The highest BCUT2D eigenvalue weighted by molar-refractivity contribution is 7.98. The van der Waals surface area contributed by atoms with Gasteiger partial charge in [0.25, 0.3) is 0 Å². The molecule has 0 spiro atoms. The topological polar surface area (TPSA) is 58.6 Å². The lowest BCUT2D eigenvalue weighted by Gasteiger charge is -2.16. The zero-order valence-corrected chi connectivity index (χ0v) is 16.8. The number of nitrogens with zero attached hydrogens (tertiary/aromatic N) is 1. The van der Waals surface area contributed by atoms with Gasteiger partial charge in [0.2, 0.25) is 11.8 Å². The van der Waals surface area contributed by atoms with Crippen LogP contribution in [-0.2, 0) is 9.59 Å². The Morgan fingerprint density at radius 2 is 1.96 bits per heavy atom. The summed E-state index contributed by atoms with van der Waals surface area (Å²) in [5, 5.41) is 2.85. The van der Waals surface area contributed by atoms with Gasteiger partial charge in [-0.2, -0.15) is 0 Å². The number of thioether (sulfide) groups is 1. The molecule has 0 atom stereocenters. The Morgan fingerprint density at radius 3 is 2.67 bits per heavy atom. The Hall–Kier alpha value is -2.73. The van der Waals surface area contributed by atoms with E-state index in [2.05, 4.69) is 5.32 Å². The van der Waals surface area contributed by atoms with E-state index >= 15 is 0 Å². The highest BCUT2D eigenvalue weighted by Crippen LogP contribution is 2.24. The zero-order chi connectivity index (χ0) is 19.8. The highest BCUT2D eigenvalue weighted by Gasteiger charge is 2.12. The Balaban J connectivity index is 1.99. The van der Waals surface area contributed by atoms with Crippen LogP contribution in [0, 0.1) is 6.92 Å². The van der Waals surface area contributed by atoms with E-state index in [0.717, 1.165) is 21.7 Å². The van der Waals surface area contributed by atoms with Crippen LogP contribution in [0.1, 0.15) is 11.1 Å². The fourth-order valence-corrected chi connectivity index (χ4v) is 3.06. The maximum atomic E-state index is 12.3. The number of hydrogen-bond donors (Lipinski definition) is 1. The molecule has 27 heavy (non-hydrogen) atoms. The number of para-hydroxylation sites is 1. The van der Waals surface area contributed by atoms with Crippen LogP contribution in [0.4, 0.5) is 5.69 Å². The van der Waals surface area contributed by atoms with Gasteiger partial charge < -0.3 is 15.0 Å². The third kappa shape index (κ3) is 5.89. The second-order valence-corrected chi connectivity index (χ2v) is 6.87. The first-order chi connectivity index (χ1) is 12.9. The van der Waals surface area contributed by atoms with E-state index < -0.39 is 0 Å². The van der Waals surface area contributed by atoms with Crippen LogP contribution in [0.15, 0.2) is 53.4 Å². The minimum absolute atomic E-state index is 0.0309. The van der Waals surface area contributed by atoms with E-state index in [1.165, 1.54) is 11.0 Å². The standard InChI is InChI=1S/C21H24N2O3S/c1-15-9-11-18(26-3)16(13-15)10-12-21(25)23(2)14-20(24)22-17-7-5-6-8-19(17)27-4/h5-13H,14H2,1-4H3,(H,22,24). The number of amides is 2. The van der Waals surface area contributed by atoms with Crippen LogP contribution >= 0.6 is 11.8 Å². The summed E-state index contributed by atoms with van der Waals surface area (Å²) in [6.45, 7) is 1.94. The van der Waals surface area contributed by atoms with E-state index in [-0.39, 0.29) is 18.4 Å². The number of rotatable bonds is 7. The number of carbonyl (C=O) groups is 2. The minimum Gasteiger partial charge on any atom is -0.496 e. The molecule has 2 aromatic rings. The Bertz CT molecular complexity index is 849. The average molecular weight is 385 g/mol. The largest absolute Gasteiger partial charge is 0.496 e. The molecule has 0 radical (unpaired) electrons. The van der Waals surface area contributed by atoms with Crippen LogP contribution in [0.5, 0.6) is 5.75 Å². The molecule has 0 aliphatic rings. The zero-order valence-electron chi connectivity index (χ0n) is 16.0. The molecule has 0 bridgehead atoms. The van der Waals surface area contributed by atoms with Crippen LogP contribution in [-0.4, -0.2) is 43.7 Å². The number of ether oxygens (including phenoxy) is 1. The molecule has 2 rings (SSSR count). The van der Waals surface area contributed by atoms with Crippen molar-refractivity contribution in [2.75, 3.05) is 32.3 Å². The Labute approximate surface area is 164 Å². The summed E-state index contributed by atoms with van der Waals surface area (Å²) in [7, 11) is 3.19. The van der Waals surface area contributed by atoms with E-state index in [4.69, 9.17) is 4.74 Å². The summed E-state index contributed by atoms with van der Waals surface area (Å²) in [6, 6.07) is 13.3. The first kappa shape index (κ1) is 20.6. The van der Waals surface area contributed by atoms with Crippen molar-refractivity contribution >= 4 is 35.3 Å². The van der Waals surface area contributed by atoms with Crippen molar-refractivity contribution in [2.45, 2.75) is 11.8 Å². The molecule has 0 saturated heterocycles. The van der Waals surface area contributed by atoms with Gasteiger partial charge in [0.1, 0.15) is 5.75 Å². The van der Waals surface area contributed by atoms with Crippen LogP contribution < -0.4 is 10.1 Å². The van der Waals surface area contributed by atoms with Crippen molar-refractivity contribution in [1.29, 1.82) is 0 Å². The SMILES string of the molecule is COc1ccc(C)cc1C=CC(=O)N(C)CC(=O)Nc1ccccc1SC. The van der Waals surface area contributed by atoms with Gasteiger partial charge in [0.05, 0.1) is 19.3 Å². The van der Waals surface area contributed by atoms with Crippen molar-refractivity contribution in [3.05, 3.63) is 59.7 Å². The Kier molecular flexibility index (Phi) is 7.49. The summed E-state index contributed by atoms with van der Waals surface area (Å²) in [5.41, 5.74) is 2.64. The molecule has 0 fully saturated rings. The van der Waals surface area contributed by atoms with Gasteiger partial charge in [-0.1, -0.05) is 23.8 Å². The van der Waals surface area contributed by atoms with Crippen LogP contribution in [0.3, 0.4) is 0 Å². The maximum absolute atomic E-state index is 12.3. The quantitative estimate of drug-likeness (QED) is 0.582. The molecular formula is C21H24N2O3S. The van der Waals surface area contributed by atoms with E-state index in [9.17, 15) is 9.59 Å². The maximum Gasteiger partial charge on any atom is 0.246 e. The molecule has 0 aliphatic heterocycles. The molecular weight excluding hydrogens is 360 g/mol. The molecule has 142 valence electrons. The normalized spacial score (nSPS) is 10.7. The molecule has 5 nitrogen and oxygen atoms in total. The second-order valence-electron chi connectivity index (χ2n) is 6.02.